The van der Waals surface area contributed by atoms with E-state index >= 15 is 0 Å². The number of H-pyrrole nitrogens is 1. The van der Waals surface area contributed by atoms with Gasteiger partial charge in [-0.2, -0.15) is 0 Å². The predicted molar refractivity (Wildman–Crippen MR) is 66.7 cm³/mol. The number of nitrogens with one attached hydrogen (secondary N) is 3. The summed E-state index contributed by atoms with van der Waals surface area (Å²) in [7, 11) is 1.49. The Kier molecular flexibility index (Phi) is 4.25. The molecule has 98 valence electrons. The molecule has 0 spiro atoms. The number of amides is 2. The van der Waals surface area contributed by atoms with E-state index in [1.165, 1.54) is 14.0 Å². The van der Waals surface area contributed by atoms with Crippen LogP contribution in [0.5, 0.6) is 0 Å². The van der Waals surface area contributed by atoms with E-state index in [0.29, 0.717) is 22.5 Å². The first-order chi connectivity index (χ1) is 8.38. The highest BCUT2D eigenvalue weighted by atomic mass is 16.2. The number of aryl methyl sites for hydroxylation is 1. The van der Waals surface area contributed by atoms with Crippen LogP contribution in [0.3, 0.4) is 0 Å². The molecule has 2 amide bonds. The second-order valence-electron chi connectivity index (χ2n) is 4.04. The van der Waals surface area contributed by atoms with Crippen LogP contribution in [0.2, 0.25) is 0 Å². The van der Waals surface area contributed by atoms with Gasteiger partial charge < -0.3 is 15.6 Å². The van der Waals surface area contributed by atoms with Crippen molar-refractivity contribution in [2.24, 2.45) is 0 Å². The van der Waals surface area contributed by atoms with E-state index < -0.39 is 5.91 Å². The first-order valence-electron chi connectivity index (χ1n) is 5.57. The average molecular weight is 251 g/mol. The Balaban J connectivity index is 2.91. The number of aromatic nitrogens is 1. The van der Waals surface area contributed by atoms with Crippen molar-refractivity contribution < 1.29 is 14.4 Å². The third kappa shape index (κ3) is 2.77. The lowest BCUT2D eigenvalue weighted by atomic mass is 10.1. The summed E-state index contributed by atoms with van der Waals surface area (Å²) in [6.07, 6.45) is 0. The third-order valence-electron chi connectivity index (χ3n) is 2.70. The highest BCUT2D eigenvalue weighted by Crippen LogP contribution is 2.18. The van der Waals surface area contributed by atoms with Gasteiger partial charge in [-0.3, -0.25) is 14.4 Å². The molecule has 0 aliphatic rings. The van der Waals surface area contributed by atoms with Gasteiger partial charge in [0.2, 0.25) is 5.91 Å². The first kappa shape index (κ1) is 14.0. The van der Waals surface area contributed by atoms with Gasteiger partial charge in [0.1, 0.15) is 5.69 Å². The normalized spacial score (nSPS) is 10.0. The van der Waals surface area contributed by atoms with E-state index in [0.717, 1.165) is 0 Å². The lowest BCUT2D eigenvalue weighted by molar-refractivity contribution is -0.119. The van der Waals surface area contributed by atoms with Crippen LogP contribution in [0.1, 0.15) is 39.0 Å². The molecule has 1 aromatic heterocycles. The van der Waals surface area contributed by atoms with Crippen molar-refractivity contribution in [3.8, 4) is 0 Å². The molecule has 0 fully saturated rings. The van der Waals surface area contributed by atoms with Crippen molar-refractivity contribution in [3.63, 3.8) is 0 Å². The summed E-state index contributed by atoms with van der Waals surface area (Å²) in [4.78, 5) is 37.2. The number of ketones is 1. The Morgan fingerprint density at radius 2 is 1.83 bits per heavy atom. The quantitative estimate of drug-likeness (QED) is 0.672. The summed E-state index contributed by atoms with van der Waals surface area (Å²) in [5.41, 5.74) is 2.11. The molecular formula is C12H17N3O3. The van der Waals surface area contributed by atoms with E-state index in [1.54, 1.807) is 13.8 Å². The number of carbonyl (C=O) groups excluding carboxylic acids is 3. The van der Waals surface area contributed by atoms with E-state index in [1.807, 2.05) is 0 Å². The van der Waals surface area contributed by atoms with Crippen LogP contribution in [0.25, 0.3) is 0 Å². The van der Waals surface area contributed by atoms with Crippen LogP contribution in [-0.4, -0.2) is 36.2 Å². The fourth-order valence-electron chi connectivity index (χ4n) is 1.84. The smallest absolute Gasteiger partial charge is 0.268 e. The second kappa shape index (κ2) is 5.48. The molecule has 0 aliphatic heterocycles. The number of likely N-dealkylation sites (N-methyl/N-ethyl adjacent to an activating group) is 1. The highest BCUT2D eigenvalue weighted by molar-refractivity contribution is 6.03. The van der Waals surface area contributed by atoms with Gasteiger partial charge in [-0.15, -0.1) is 0 Å². The molecule has 0 atom stereocenters. The van der Waals surface area contributed by atoms with Crippen LogP contribution in [0.4, 0.5) is 0 Å². The van der Waals surface area contributed by atoms with Gasteiger partial charge in [-0.25, -0.2) is 0 Å². The Bertz CT molecular complexity index is 503. The molecule has 1 heterocycles. The van der Waals surface area contributed by atoms with Crippen LogP contribution in [0, 0.1) is 13.8 Å². The second-order valence-corrected chi connectivity index (χ2v) is 4.04. The van der Waals surface area contributed by atoms with Gasteiger partial charge in [0.15, 0.2) is 5.78 Å². The van der Waals surface area contributed by atoms with Crippen molar-refractivity contribution >= 4 is 17.6 Å². The number of aromatic amines is 1. The van der Waals surface area contributed by atoms with Gasteiger partial charge >= 0.3 is 0 Å². The predicted octanol–water partition coefficient (Wildman–Crippen LogP) is 0.310. The van der Waals surface area contributed by atoms with Crippen LogP contribution in [-0.2, 0) is 4.79 Å². The number of rotatable bonds is 4. The number of hydrogen-bond donors (Lipinski definition) is 3. The zero-order valence-electron chi connectivity index (χ0n) is 10.9. The molecule has 0 aliphatic carbocycles. The molecule has 0 saturated carbocycles. The lowest BCUT2D eigenvalue weighted by Crippen LogP contribution is -2.35. The minimum absolute atomic E-state index is 0.0911. The molecule has 1 rings (SSSR count). The minimum atomic E-state index is -0.397. The monoisotopic (exact) mass is 251 g/mol. The van der Waals surface area contributed by atoms with Crippen LogP contribution < -0.4 is 10.6 Å². The maximum Gasteiger partial charge on any atom is 0.268 e. The molecule has 18 heavy (non-hydrogen) atoms. The SMILES string of the molecule is CNC(=O)CNC(=O)c1[nH]c(C)c(C(C)=O)c1C. The van der Waals surface area contributed by atoms with Crippen molar-refractivity contribution in [1.29, 1.82) is 0 Å². The first-order valence-corrected chi connectivity index (χ1v) is 5.57. The van der Waals surface area contributed by atoms with E-state index in [9.17, 15) is 14.4 Å². The molecule has 1 aromatic rings. The fraction of sp³-hybridized carbons (Fsp3) is 0.417. The van der Waals surface area contributed by atoms with Crippen LogP contribution >= 0.6 is 0 Å². The molecule has 6 nitrogen and oxygen atoms in total. The number of Topliss-reactive ketones (excluding diaryl/α,β-unsaturated/α-hetero) is 1. The summed E-state index contributed by atoms with van der Waals surface area (Å²) >= 11 is 0. The summed E-state index contributed by atoms with van der Waals surface area (Å²) in [5.74, 6) is -0.769. The summed E-state index contributed by atoms with van der Waals surface area (Å²) in [6, 6.07) is 0. The van der Waals surface area contributed by atoms with E-state index in [-0.39, 0.29) is 18.2 Å². The third-order valence-corrected chi connectivity index (χ3v) is 2.70. The van der Waals surface area contributed by atoms with Crippen molar-refractivity contribution in [2.75, 3.05) is 13.6 Å². The van der Waals surface area contributed by atoms with Crippen molar-refractivity contribution in [2.45, 2.75) is 20.8 Å². The number of carbonyl (C=O) groups is 3. The average Bonchev–Trinajstić information content (AvgIpc) is 2.61. The molecule has 0 saturated heterocycles. The minimum Gasteiger partial charge on any atom is -0.358 e. The van der Waals surface area contributed by atoms with Crippen molar-refractivity contribution in [3.05, 3.63) is 22.5 Å². The Hall–Kier alpha value is -2.11. The van der Waals surface area contributed by atoms with Crippen LogP contribution in [0.15, 0.2) is 0 Å². The topological polar surface area (TPSA) is 91.1 Å². The van der Waals surface area contributed by atoms with Gasteiger partial charge in [-0.1, -0.05) is 0 Å². The Morgan fingerprint density at radius 1 is 1.22 bits per heavy atom. The zero-order valence-corrected chi connectivity index (χ0v) is 10.9. The molecule has 6 heteroatoms. The zero-order chi connectivity index (χ0) is 13.9. The highest BCUT2D eigenvalue weighted by Gasteiger charge is 2.19. The maximum atomic E-state index is 11.8. The van der Waals surface area contributed by atoms with Crippen molar-refractivity contribution in [1.82, 2.24) is 15.6 Å². The fourth-order valence-corrected chi connectivity index (χ4v) is 1.84. The molecular weight excluding hydrogens is 234 g/mol. The Morgan fingerprint density at radius 3 is 2.28 bits per heavy atom. The lowest BCUT2D eigenvalue weighted by Gasteiger charge is -2.03. The molecule has 0 bridgehead atoms. The molecule has 0 unspecified atom stereocenters. The maximum absolute atomic E-state index is 11.8. The molecule has 0 aromatic carbocycles. The molecule has 3 N–H and O–H groups in total. The number of hydrogen-bond acceptors (Lipinski definition) is 3. The van der Waals surface area contributed by atoms with Gasteiger partial charge in [0, 0.05) is 18.3 Å². The van der Waals surface area contributed by atoms with Gasteiger partial charge in [0.25, 0.3) is 5.91 Å². The summed E-state index contributed by atoms with van der Waals surface area (Å²) < 4.78 is 0. The summed E-state index contributed by atoms with van der Waals surface area (Å²) in [5, 5.41) is 4.88. The Labute approximate surface area is 105 Å². The van der Waals surface area contributed by atoms with Gasteiger partial charge in [-0.05, 0) is 26.3 Å². The largest absolute Gasteiger partial charge is 0.358 e. The molecule has 0 radical (unpaired) electrons. The van der Waals surface area contributed by atoms with E-state index in [2.05, 4.69) is 15.6 Å². The standard InChI is InChI=1S/C12H17N3O3/c1-6-10(8(3)16)7(2)15-11(6)12(18)14-5-9(17)13-4/h15H,5H2,1-4H3,(H,13,17)(H,14,18). The van der Waals surface area contributed by atoms with E-state index in [4.69, 9.17) is 0 Å². The van der Waals surface area contributed by atoms with Gasteiger partial charge in [0.05, 0.1) is 6.54 Å². The summed E-state index contributed by atoms with van der Waals surface area (Å²) in [6.45, 7) is 4.80.